The predicted molar refractivity (Wildman–Crippen MR) is 93.7 cm³/mol. The van der Waals surface area contributed by atoms with Crippen LogP contribution in [0, 0.1) is 5.82 Å². The van der Waals surface area contributed by atoms with Crippen LogP contribution in [-0.4, -0.2) is 47.3 Å². The van der Waals surface area contributed by atoms with Crippen molar-refractivity contribution in [2.45, 2.75) is 25.4 Å². The molecule has 0 saturated carbocycles. The van der Waals surface area contributed by atoms with E-state index in [0.717, 1.165) is 37.3 Å². The van der Waals surface area contributed by atoms with Crippen molar-refractivity contribution in [3.05, 3.63) is 54.0 Å². The number of hydrogen-bond donors (Lipinski definition) is 1. The molecule has 7 heteroatoms. The molecule has 25 heavy (non-hydrogen) atoms. The fraction of sp³-hybridized carbons (Fsp3) is 0.389. The Labute approximate surface area is 146 Å². The maximum atomic E-state index is 13.2. The molecule has 1 aliphatic heterocycles. The van der Waals surface area contributed by atoms with Crippen molar-refractivity contribution in [3.63, 3.8) is 0 Å². The van der Waals surface area contributed by atoms with Crippen LogP contribution in [0.25, 0.3) is 0 Å². The van der Waals surface area contributed by atoms with E-state index in [1.165, 1.54) is 12.1 Å². The second-order valence-electron chi connectivity index (χ2n) is 6.22. The summed E-state index contributed by atoms with van der Waals surface area (Å²) in [7, 11) is 1.80. The van der Waals surface area contributed by atoms with Crippen molar-refractivity contribution in [1.29, 1.82) is 0 Å². The lowest BCUT2D eigenvalue weighted by Gasteiger charge is -2.37. The largest absolute Gasteiger partial charge is 0.353 e. The molecule has 0 bridgehead atoms. The van der Waals surface area contributed by atoms with Gasteiger partial charge in [0.2, 0.25) is 0 Å². The first kappa shape index (κ1) is 17.1. The summed E-state index contributed by atoms with van der Waals surface area (Å²) in [6.45, 7) is 1.94. The Balaban J connectivity index is 1.56. The highest BCUT2D eigenvalue weighted by molar-refractivity contribution is 5.74. The summed E-state index contributed by atoms with van der Waals surface area (Å²) >= 11 is 0. The first-order valence-corrected chi connectivity index (χ1v) is 8.41. The highest BCUT2D eigenvalue weighted by atomic mass is 19.1. The number of piperidine rings is 1. The van der Waals surface area contributed by atoms with Crippen LogP contribution in [0.15, 0.2) is 42.6 Å². The molecule has 1 fully saturated rings. The number of nitrogens with one attached hydrogen (secondary N) is 1. The molecule has 1 aliphatic rings. The first-order chi connectivity index (χ1) is 12.1. The molecule has 3 rings (SSSR count). The molecule has 1 N–H and O–H groups in total. The fourth-order valence-electron chi connectivity index (χ4n) is 3.06. The maximum absolute atomic E-state index is 13.2. The van der Waals surface area contributed by atoms with E-state index in [1.807, 2.05) is 12.1 Å². The number of amides is 2. The third-order valence-electron chi connectivity index (χ3n) is 4.48. The zero-order chi connectivity index (χ0) is 17.6. The summed E-state index contributed by atoms with van der Waals surface area (Å²) in [5.74, 6) is 0.535. The SMILES string of the molecule is CN(C(=O)NCc1cccc(F)c1)C1CCCN(c2cccnn2)C1. The zero-order valence-corrected chi connectivity index (χ0v) is 14.2. The van der Waals surface area contributed by atoms with Gasteiger partial charge in [-0.3, -0.25) is 0 Å². The van der Waals surface area contributed by atoms with Crippen molar-refractivity contribution in [2.24, 2.45) is 0 Å². The Morgan fingerprint density at radius 2 is 2.28 bits per heavy atom. The minimum absolute atomic E-state index is 0.100. The molecule has 0 spiro atoms. The summed E-state index contributed by atoms with van der Waals surface area (Å²) < 4.78 is 13.2. The second-order valence-corrected chi connectivity index (χ2v) is 6.22. The van der Waals surface area contributed by atoms with Gasteiger partial charge < -0.3 is 15.1 Å². The number of halogens is 1. The number of benzene rings is 1. The predicted octanol–water partition coefficient (Wildman–Crippen LogP) is 2.43. The van der Waals surface area contributed by atoms with E-state index in [4.69, 9.17) is 0 Å². The molecule has 6 nitrogen and oxygen atoms in total. The fourth-order valence-corrected chi connectivity index (χ4v) is 3.06. The summed E-state index contributed by atoms with van der Waals surface area (Å²) in [6, 6.07) is 9.98. The lowest BCUT2D eigenvalue weighted by atomic mass is 10.0. The van der Waals surface area contributed by atoms with Crippen LogP contribution in [0.2, 0.25) is 0 Å². The van der Waals surface area contributed by atoms with Gasteiger partial charge in [-0.1, -0.05) is 12.1 Å². The summed E-state index contributed by atoms with van der Waals surface area (Å²) in [5, 5.41) is 10.9. The van der Waals surface area contributed by atoms with Crippen LogP contribution >= 0.6 is 0 Å². The van der Waals surface area contributed by atoms with Gasteiger partial charge in [0, 0.05) is 32.9 Å². The monoisotopic (exact) mass is 343 g/mol. The van der Waals surface area contributed by atoms with Crippen LogP contribution in [0.1, 0.15) is 18.4 Å². The summed E-state index contributed by atoms with van der Waals surface area (Å²) in [4.78, 5) is 16.3. The quantitative estimate of drug-likeness (QED) is 0.926. The van der Waals surface area contributed by atoms with E-state index in [-0.39, 0.29) is 17.9 Å². The van der Waals surface area contributed by atoms with E-state index < -0.39 is 0 Å². The lowest BCUT2D eigenvalue weighted by molar-refractivity contribution is 0.182. The average Bonchev–Trinajstić information content (AvgIpc) is 2.66. The van der Waals surface area contributed by atoms with E-state index in [2.05, 4.69) is 20.4 Å². The average molecular weight is 343 g/mol. The molecule has 2 amide bonds. The van der Waals surface area contributed by atoms with Crippen molar-refractivity contribution >= 4 is 11.8 Å². The molecule has 0 aliphatic carbocycles. The van der Waals surface area contributed by atoms with Gasteiger partial charge in [-0.25, -0.2) is 9.18 Å². The van der Waals surface area contributed by atoms with Gasteiger partial charge in [0.1, 0.15) is 5.82 Å². The Morgan fingerprint density at radius 3 is 3.04 bits per heavy atom. The number of carbonyl (C=O) groups excluding carboxylic acids is 1. The third kappa shape index (κ3) is 4.43. The van der Waals surface area contributed by atoms with Gasteiger partial charge in [0.05, 0.1) is 6.04 Å². The van der Waals surface area contributed by atoms with Crippen molar-refractivity contribution in [1.82, 2.24) is 20.4 Å². The Hall–Kier alpha value is -2.70. The van der Waals surface area contributed by atoms with Crippen molar-refractivity contribution in [3.8, 4) is 0 Å². The number of nitrogens with zero attached hydrogens (tertiary/aromatic N) is 4. The molecule has 1 aromatic heterocycles. The Kier molecular flexibility index (Phi) is 5.42. The van der Waals surface area contributed by atoms with Crippen LogP contribution in [0.4, 0.5) is 15.0 Å². The maximum Gasteiger partial charge on any atom is 0.317 e. The third-order valence-corrected chi connectivity index (χ3v) is 4.48. The topological polar surface area (TPSA) is 61.4 Å². The standard InChI is InChI=1S/C18H22FN5O/c1-23(18(25)20-12-14-5-2-6-15(19)11-14)16-7-4-10-24(13-16)17-8-3-9-21-22-17/h2-3,5-6,8-9,11,16H,4,7,10,12-13H2,1H3,(H,20,25). The minimum atomic E-state index is -0.299. The molecule has 1 unspecified atom stereocenters. The molecule has 1 atom stereocenters. The molecule has 132 valence electrons. The molecule has 1 saturated heterocycles. The molecule has 2 aromatic rings. The molecule has 0 radical (unpaired) electrons. The number of hydrogen-bond acceptors (Lipinski definition) is 4. The van der Waals surface area contributed by atoms with Crippen LogP contribution < -0.4 is 10.2 Å². The zero-order valence-electron chi connectivity index (χ0n) is 14.2. The molecule has 1 aromatic carbocycles. The van der Waals surface area contributed by atoms with E-state index in [0.29, 0.717) is 6.54 Å². The second kappa shape index (κ2) is 7.92. The smallest absolute Gasteiger partial charge is 0.317 e. The van der Waals surface area contributed by atoms with Gasteiger partial charge in [-0.2, -0.15) is 5.10 Å². The van der Waals surface area contributed by atoms with Gasteiger partial charge in [-0.15, -0.1) is 5.10 Å². The lowest BCUT2D eigenvalue weighted by Crippen LogP contribution is -2.51. The molecular weight excluding hydrogens is 321 g/mol. The number of anilines is 1. The van der Waals surface area contributed by atoms with Gasteiger partial charge in [0.15, 0.2) is 5.82 Å². The number of likely N-dealkylation sites (N-methyl/N-ethyl adjacent to an activating group) is 1. The van der Waals surface area contributed by atoms with Crippen molar-refractivity contribution in [2.75, 3.05) is 25.0 Å². The number of urea groups is 1. The number of carbonyl (C=O) groups is 1. The van der Waals surface area contributed by atoms with Gasteiger partial charge >= 0.3 is 6.03 Å². The first-order valence-electron chi connectivity index (χ1n) is 8.41. The Morgan fingerprint density at radius 1 is 1.40 bits per heavy atom. The molecule has 2 heterocycles. The summed E-state index contributed by atoms with van der Waals surface area (Å²) in [6.07, 6.45) is 3.58. The summed E-state index contributed by atoms with van der Waals surface area (Å²) in [5.41, 5.74) is 0.742. The van der Waals surface area contributed by atoms with Crippen molar-refractivity contribution < 1.29 is 9.18 Å². The number of aromatic nitrogens is 2. The molecular formula is C18H22FN5O. The van der Waals surface area contributed by atoms with Crippen LogP contribution in [0.3, 0.4) is 0 Å². The minimum Gasteiger partial charge on any atom is -0.353 e. The number of rotatable bonds is 4. The highest BCUT2D eigenvalue weighted by Gasteiger charge is 2.26. The van der Waals surface area contributed by atoms with Gasteiger partial charge in [-0.05, 0) is 42.7 Å². The van der Waals surface area contributed by atoms with Crippen LogP contribution in [0.5, 0.6) is 0 Å². The van der Waals surface area contributed by atoms with Gasteiger partial charge in [0.25, 0.3) is 0 Å². The van der Waals surface area contributed by atoms with E-state index in [1.54, 1.807) is 30.3 Å². The van der Waals surface area contributed by atoms with E-state index in [9.17, 15) is 9.18 Å². The van der Waals surface area contributed by atoms with Crippen LogP contribution in [-0.2, 0) is 6.54 Å². The normalized spacial score (nSPS) is 17.2. The Bertz CT molecular complexity index is 712. The highest BCUT2D eigenvalue weighted by Crippen LogP contribution is 2.19. The van der Waals surface area contributed by atoms with E-state index >= 15 is 0 Å².